The molecule has 0 aliphatic heterocycles. The largest absolute Gasteiger partial charge is 0.503 e. The highest BCUT2D eigenvalue weighted by atomic mass is 19.1. The van der Waals surface area contributed by atoms with Gasteiger partial charge in [0, 0.05) is 11.3 Å². The molecule has 100 valence electrons. The molecular weight excluding hydrogens is 258 g/mol. The summed E-state index contributed by atoms with van der Waals surface area (Å²) in [7, 11) is 0. The Hall–Kier alpha value is -2.24. The Morgan fingerprint density at radius 2 is 1.95 bits per heavy atom. The Kier molecular flexibility index (Phi) is 3.09. The van der Waals surface area contributed by atoms with Crippen LogP contribution in [0.3, 0.4) is 0 Å². The maximum atomic E-state index is 13.5. The van der Waals surface area contributed by atoms with Gasteiger partial charge in [0.05, 0.1) is 0 Å². The zero-order chi connectivity index (χ0) is 14.3. The van der Waals surface area contributed by atoms with Gasteiger partial charge in [-0.1, -0.05) is 13.8 Å². The van der Waals surface area contributed by atoms with Gasteiger partial charge in [0.25, 0.3) is 0 Å². The Morgan fingerprint density at radius 3 is 2.53 bits per heavy atom. The fraction of sp³-hybridized carbons (Fsp3) is 0.231. The SMILES string of the molecule is CC(C)C(=O)c1cc2cc(F)c(O)c(F)c2oc1=O. The number of fused-ring (bicyclic) bond motifs is 1. The summed E-state index contributed by atoms with van der Waals surface area (Å²) in [6.45, 7) is 3.17. The zero-order valence-electron chi connectivity index (χ0n) is 10.2. The van der Waals surface area contributed by atoms with Crippen molar-refractivity contribution in [3.8, 4) is 5.75 Å². The zero-order valence-corrected chi connectivity index (χ0v) is 10.2. The van der Waals surface area contributed by atoms with E-state index < -0.39 is 40.3 Å². The van der Waals surface area contributed by atoms with Crippen molar-refractivity contribution in [3.05, 3.63) is 39.8 Å². The molecule has 1 aromatic carbocycles. The number of ketones is 1. The van der Waals surface area contributed by atoms with E-state index in [1.165, 1.54) is 0 Å². The number of hydrogen-bond donors (Lipinski definition) is 1. The highest BCUT2D eigenvalue weighted by Gasteiger charge is 2.20. The van der Waals surface area contributed by atoms with E-state index in [0.717, 1.165) is 12.1 Å². The smallest absolute Gasteiger partial charge is 0.347 e. The first-order valence-electron chi connectivity index (χ1n) is 5.52. The lowest BCUT2D eigenvalue weighted by atomic mass is 10.0. The van der Waals surface area contributed by atoms with Gasteiger partial charge in [0.2, 0.25) is 5.82 Å². The average molecular weight is 268 g/mol. The molecule has 1 heterocycles. The van der Waals surface area contributed by atoms with Crippen LogP contribution in [0.15, 0.2) is 21.3 Å². The lowest BCUT2D eigenvalue weighted by Gasteiger charge is -2.06. The summed E-state index contributed by atoms with van der Waals surface area (Å²) in [5.74, 6) is -4.72. The van der Waals surface area contributed by atoms with Crippen LogP contribution < -0.4 is 5.63 Å². The quantitative estimate of drug-likeness (QED) is 0.671. The number of rotatable bonds is 2. The van der Waals surface area contributed by atoms with E-state index in [2.05, 4.69) is 4.42 Å². The predicted octanol–water partition coefficient (Wildman–Crippen LogP) is 2.62. The van der Waals surface area contributed by atoms with Crippen molar-refractivity contribution >= 4 is 16.8 Å². The highest BCUT2D eigenvalue weighted by molar-refractivity contribution is 5.99. The van der Waals surface area contributed by atoms with E-state index in [9.17, 15) is 18.4 Å². The number of benzene rings is 1. The molecule has 0 fully saturated rings. The molecule has 1 aromatic heterocycles. The molecule has 4 nitrogen and oxygen atoms in total. The molecule has 0 saturated carbocycles. The van der Waals surface area contributed by atoms with Crippen molar-refractivity contribution in [1.82, 2.24) is 0 Å². The van der Waals surface area contributed by atoms with Crippen molar-refractivity contribution in [2.24, 2.45) is 5.92 Å². The topological polar surface area (TPSA) is 67.5 Å². The average Bonchev–Trinajstić information content (AvgIpc) is 2.36. The molecule has 6 heteroatoms. The fourth-order valence-electron chi connectivity index (χ4n) is 1.67. The summed E-state index contributed by atoms with van der Waals surface area (Å²) in [6, 6.07) is 1.86. The number of carbonyl (C=O) groups is 1. The standard InChI is InChI=1S/C13H10F2O4/c1-5(2)10(16)7-3-6-4-8(14)11(17)9(15)12(6)19-13(7)18/h3-5,17H,1-2H3. The molecule has 0 aliphatic carbocycles. The number of phenolic OH excluding ortho intramolecular Hbond substituents is 1. The fourth-order valence-corrected chi connectivity index (χ4v) is 1.67. The van der Waals surface area contributed by atoms with Crippen LogP contribution in [-0.4, -0.2) is 10.9 Å². The molecule has 0 unspecified atom stereocenters. The molecule has 0 saturated heterocycles. The van der Waals surface area contributed by atoms with Crippen LogP contribution in [0.25, 0.3) is 11.0 Å². The maximum absolute atomic E-state index is 13.5. The van der Waals surface area contributed by atoms with Crippen LogP contribution >= 0.6 is 0 Å². The van der Waals surface area contributed by atoms with Gasteiger partial charge in [0.1, 0.15) is 5.56 Å². The van der Waals surface area contributed by atoms with Gasteiger partial charge < -0.3 is 9.52 Å². The Labute approximate surface area is 106 Å². The second kappa shape index (κ2) is 4.46. The molecule has 0 bridgehead atoms. The number of halogens is 2. The molecule has 0 spiro atoms. The van der Waals surface area contributed by atoms with Crippen molar-refractivity contribution in [1.29, 1.82) is 0 Å². The van der Waals surface area contributed by atoms with E-state index in [4.69, 9.17) is 5.11 Å². The first-order valence-corrected chi connectivity index (χ1v) is 5.52. The van der Waals surface area contributed by atoms with Crippen LogP contribution in [0, 0.1) is 17.6 Å². The molecule has 0 aliphatic rings. The molecule has 0 atom stereocenters. The molecule has 0 radical (unpaired) electrons. The summed E-state index contributed by atoms with van der Waals surface area (Å²) in [5, 5.41) is 8.98. The number of Topliss-reactive ketones (excluding diaryl/α,β-unsaturated/α-hetero) is 1. The van der Waals surface area contributed by atoms with Gasteiger partial charge in [-0.25, -0.2) is 9.18 Å². The summed E-state index contributed by atoms with van der Waals surface area (Å²) >= 11 is 0. The summed E-state index contributed by atoms with van der Waals surface area (Å²) in [4.78, 5) is 23.3. The summed E-state index contributed by atoms with van der Waals surface area (Å²) in [6.07, 6.45) is 0. The van der Waals surface area contributed by atoms with Gasteiger partial charge in [-0.05, 0) is 12.1 Å². The molecule has 2 aromatic rings. The third kappa shape index (κ3) is 2.09. The van der Waals surface area contributed by atoms with Gasteiger partial charge >= 0.3 is 5.63 Å². The minimum Gasteiger partial charge on any atom is -0.503 e. The third-order valence-electron chi connectivity index (χ3n) is 2.68. The predicted molar refractivity (Wildman–Crippen MR) is 63.2 cm³/mol. The van der Waals surface area contributed by atoms with Crippen molar-refractivity contribution in [2.45, 2.75) is 13.8 Å². The number of aromatic hydroxyl groups is 1. The molecule has 0 amide bonds. The lowest BCUT2D eigenvalue weighted by molar-refractivity contribution is 0.0935. The van der Waals surface area contributed by atoms with E-state index in [1.54, 1.807) is 13.8 Å². The van der Waals surface area contributed by atoms with Crippen LogP contribution in [0.4, 0.5) is 8.78 Å². The van der Waals surface area contributed by atoms with E-state index in [-0.39, 0.29) is 10.9 Å². The maximum Gasteiger partial charge on any atom is 0.347 e. The summed E-state index contributed by atoms with van der Waals surface area (Å²) < 4.78 is 31.4. The van der Waals surface area contributed by atoms with E-state index >= 15 is 0 Å². The third-order valence-corrected chi connectivity index (χ3v) is 2.68. The second-order valence-electron chi connectivity index (χ2n) is 4.41. The normalized spacial score (nSPS) is 11.2. The van der Waals surface area contributed by atoms with Gasteiger partial charge in [-0.2, -0.15) is 4.39 Å². The van der Waals surface area contributed by atoms with Crippen molar-refractivity contribution in [3.63, 3.8) is 0 Å². The molecule has 19 heavy (non-hydrogen) atoms. The first kappa shape index (κ1) is 13.2. The minimum atomic E-state index is -1.37. The van der Waals surface area contributed by atoms with Crippen LogP contribution in [0.1, 0.15) is 24.2 Å². The number of phenols is 1. The van der Waals surface area contributed by atoms with Crippen LogP contribution in [-0.2, 0) is 0 Å². The monoisotopic (exact) mass is 268 g/mol. The molecule has 2 rings (SSSR count). The number of carbonyl (C=O) groups excluding carboxylic acids is 1. The van der Waals surface area contributed by atoms with Gasteiger partial charge in [-0.3, -0.25) is 4.79 Å². The van der Waals surface area contributed by atoms with Gasteiger partial charge in [-0.15, -0.1) is 0 Å². The van der Waals surface area contributed by atoms with E-state index in [1.807, 2.05) is 0 Å². The van der Waals surface area contributed by atoms with Crippen LogP contribution in [0.2, 0.25) is 0 Å². The lowest BCUT2D eigenvalue weighted by Crippen LogP contribution is -2.18. The minimum absolute atomic E-state index is 0.101. The van der Waals surface area contributed by atoms with Crippen molar-refractivity contribution < 1.29 is 23.1 Å². The Bertz CT molecular complexity index is 731. The number of hydrogen-bond acceptors (Lipinski definition) is 4. The second-order valence-corrected chi connectivity index (χ2v) is 4.41. The van der Waals surface area contributed by atoms with Crippen LogP contribution in [0.5, 0.6) is 5.75 Å². The Balaban J connectivity index is 2.81. The summed E-state index contributed by atoms with van der Waals surface area (Å²) in [5.41, 5.74) is -1.87. The first-order chi connectivity index (χ1) is 8.82. The Morgan fingerprint density at radius 1 is 1.32 bits per heavy atom. The molecule has 1 N–H and O–H groups in total. The van der Waals surface area contributed by atoms with E-state index in [0.29, 0.717) is 0 Å². The van der Waals surface area contributed by atoms with Gasteiger partial charge in [0.15, 0.2) is 22.9 Å². The molecular formula is C13H10F2O4. The van der Waals surface area contributed by atoms with Crippen molar-refractivity contribution in [2.75, 3.05) is 0 Å². The highest BCUT2D eigenvalue weighted by Crippen LogP contribution is 2.28.